The summed E-state index contributed by atoms with van der Waals surface area (Å²) in [6, 6.07) is 15.1. The number of rotatable bonds is 6. The van der Waals surface area contributed by atoms with Gasteiger partial charge in [0, 0.05) is 12.2 Å². The molecule has 0 spiro atoms. The van der Waals surface area contributed by atoms with Crippen LogP contribution in [-0.4, -0.2) is 16.8 Å². The smallest absolute Gasteiger partial charge is 0.133 e. The number of benzene rings is 2. The third-order valence-corrected chi connectivity index (χ3v) is 3.24. The van der Waals surface area contributed by atoms with Crippen LogP contribution >= 0.6 is 0 Å². The molecule has 0 saturated heterocycles. The van der Waals surface area contributed by atoms with Crippen LogP contribution in [-0.2, 0) is 6.42 Å². The first-order valence-corrected chi connectivity index (χ1v) is 6.89. The Labute approximate surface area is 119 Å². The van der Waals surface area contributed by atoms with E-state index in [-0.39, 0.29) is 6.61 Å². The molecule has 0 amide bonds. The molecule has 0 aromatic heterocycles. The first-order chi connectivity index (χ1) is 9.76. The van der Waals surface area contributed by atoms with Crippen molar-refractivity contribution in [2.24, 2.45) is 0 Å². The van der Waals surface area contributed by atoms with Crippen molar-refractivity contribution in [3.8, 4) is 11.5 Å². The maximum absolute atomic E-state index is 10.0. The van der Waals surface area contributed by atoms with Gasteiger partial charge in [-0.05, 0) is 30.5 Å². The van der Waals surface area contributed by atoms with Crippen molar-refractivity contribution >= 4 is 0 Å². The van der Waals surface area contributed by atoms with Gasteiger partial charge < -0.3 is 14.9 Å². The Hall–Kier alpha value is -1.84. The highest BCUT2D eigenvalue weighted by Crippen LogP contribution is 2.32. The summed E-state index contributed by atoms with van der Waals surface area (Å²) in [6.07, 6.45) is 0.657. The summed E-state index contributed by atoms with van der Waals surface area (Å²) in [6.45, 7) is 2.01. The molecule has 0 aliphatic rings. The van der Waals surface area contributed by atoms with Gasteiger partial charge in [-0.1, -0.05) is 43.3 Å². The molecule has 0 radical (unpaired) electrons. The molecular formula is C17H20O3. The maximum Gasteiger partial charge on any atom is 0.133 e. The number of aliphatic hydroxyl groups is 2. The SMILES string of the molecule is CC[C@H](O)c1ccccc1Oc1ccccc1CCO. The second kappa shape index (κ2) is 7.08. The van der Waals surface area contributed by atoms with Crippen molar-refractivity contribution in [3.05, 3.63) is 59.7 Å². The van der Waals surface area contributed by atoms with Crippen LogP contribution in [0.25, 0.3) is 0 Å². The highest BCUT2D eigenvalue weighted by molar-refractivity contribution is 5.42. The number of hydrogen-bond donors (Lipinski definition) is 2. The summed E-state index contributed by atoms with van der Waals surface area (Å²) in [4.78, 5) is 0. The molecule has 20 heavy (non-hydrogen) atoms. The zero-order chi connectivity index (χ0) is 14.4. The minimum absolute atomic E-state index is 0.0829. The average molecular weight is 272 g/mol. The molecule has 0 unspecified atom stereocenters. The van der Waals surface area contributed by atoms with Crippen molar-refractivity contribution in [3.63, 3.8) is 0 Å². The monoisotopic (exact) mass is 272 g/mol. The van der Waals surface area contributed by atoms with Crippen LogP contribution in [0.1, 0.15) is 30.6 Å². The third-order valence-electron chi connectivity index (χ3n) is 3.24. The fraction of sp³-hybridized carbons (Fsp3) is 0.294. The molecule has 3 heteroatoms. The van der Waals surface area contributed by atoms with Gasteiger partial charge in [-0.15, -0.1) is 0 Å². The summed E-state index contributed by atoms with van der Waals surface area (Å²) in [5, 5.41) is 19.1. The van der Waals surface area contributed by atoms with Crippen LogP contribution in [0.15, 0.2) is 48.5 Å². The van der Waals surface area contributed by atoms with E-state index >= 15 is 0 Å². The maximum atomic E-state index is 10.0. The average Bonchev–Trinajstić information content (AvgIpc) is 2.49. The molecule has 0 heterocycles. The predicted octanol–water partition coefficient (Wildman–Crippen LogP) is 3.46. The van der Waals surface area contributed by atoms with Crippen LogP contribution < -0.4 is 4.74 Å². The molecule has 0 fully saturated rings. The number of para-hydroxylation sites is 2. The van der Waals surface area contributed by atoms with Crippen LogP contribution in [0.3, 0.4) is 0 Å². The molecule has 3 nitrogen and oxygen atoms in total. The van der Waals surface area contributed by atoms with Crippen molar-refractivity contribution in [2.75, 3.05) is 6.61 Å². The Morgan fingerprint density at radius 3 is 2.35 bits per heavy atom. The summed E-state index contributed by atoms with van der Waals surface area (Å²) in [7, 11) is 0. The van der Waals surface area contributed by atoms with Gasteiger partial charge in [-0.2, -0.15) is 0 Å². The normalized spacial score (nSPS) is 12.2. The van der Waals surface area contributed by atoms with Crippen molar-refractivity contribution < 1.29 is 14.9 Å². The van der Waals surface area contributed by atoms with Gasteiger partial charge in [0.2, 0.25) is 0 Å². The minimum Gasteiger partial charge on any atom is -0.457 e. The second-order valence-electron chi connectivity index (χ2n) is 4.65. The van der Waals surface area contributed by atoms with E-state index in [4.69, 9.17) is 9.84 Å². The first-order valence-electron chi connectivity index (χ1n) is 6.89. The van der Waals surface area contributed by atoms with Crippen LogP contribution in [0.2, 0.25) is 0 Å². The van der Waals surface area contributed by atoms with Gasteiger partial charge in [0.05, 0.1) is 6.10 Å². The third kappa shape index (κ3) is 3.38. The zero-order valence-corrected chi connectivity index (χ0v) is 11.6. The van der Waals surface area contributed by atoms with Crippen LogP contribution in [0.4, 0.5) is 0 Å². The molecule has 2 aromatic rings. The largest absolute Gasteiger partial charge is 0.457 e. The molecule has 0 aliphatic carbocycles. The van der Waals surface area contributed by atoms with Gasteiger partial charge in [0.1, 0.15) is 11.5 Å². The summed E-state index contributed by atoms with van der Waals surface area (Å²) < 4.78 is 5.95. The van der Waals surface area contributed by atoms with Gasteiger partial charge in [0.15, 0.2) is 0 Å². The predicted molar refractivity (Wildman–Crippen MR) is 79.0 cm³/mol. The van der Waals surface area contributed by atoms with Crippen molar-refractivity contribution in [1.82, 2.24) is 0 Å². The van der Waals surface area contributed by atoms with Gasteiger partial charge in [-0.25, -0.2) is 0 Å². The standard InChI is InChI=1S/C17H20O3/c1-2-15(19)14-8-4-6-10-17(14)20-16-9-5-3-7-13(16)11-12-18/h3-10,15,18-19H,2,11-12H2,1H3/t15-/m0/s1. The van der Waals surface area contributed by atoms with E-state index < -0.39 is 6.10 Å². The van der Waals surface area contributed by atoms with Crippen molar-refractivity contribution in [1.29, 1.82) is 0 Å². The van der Waals surface area contributed by atoms with E-state index in [0.29, 0.717) is 18.6 Å². The Kier molecular flexibility index (Phi) is 5.16. The topological polar surface area (TPSA) is 49.7 Å². The molecule has 0 bridgehead atoms. The zero-order valence-electron chi connectivity index (χ0n) is 11.6. The number of aliphatic hydroxyl groups excluding tert-OH is 2. The fourth-order valence-corrected chi connectivity index (χ4v) is 2.12. The molecule has 2 N–H and O–H groups in total. The Balaban J connectivity index is 2.30. The first kappa shape index (κ1) is 14.6. The highest BCUT2D eigenvalue weighted by atomic mass is 16.5. The minimum atomic E-state index is -0.531. The molecule has 2 rings (SSSR count). The summed E-state index contributed by atoms with van der Waals surface area (Å²) in [5.41, 5.74) is 1.74. The molecule has 0 aliphatic heterocycles. The van der Waals surface area contributed by atoms with Crippen molar-refractivity contribution in [2.45, 2.75) is 25.9 Å². The molecular weight excluding hydrogens is 252 g/mol. The Bertz CT molecular complexity index is 551. The van der Waals surface area contributed by atoms with E-state index in [1.165, 1.54) is 0 Å². The van der Waals surface area contributed by atoms with E-state index in [1.54, 1.807) is 0 Å². The number of hydrogen-bond acceptors (Lipinski definition) is 3. The lowest BCUT2D eigenvalue weighted by molar-refractivity contribution is 0.170. The highest BCUT2D eigenvalue weighted by Gasteiger charge is 2.13. The molecule has 2 aromatic carbocycles. The van der Waals surface area contributed by atoms with E-state index in [9.17, 15) is 5.11 Å². The second-order valence-corrected chi connectivity index (χ2v) is 4.65. The molecule has 106 valence electrons. The Morgan fingerprint density at radius 1 is 1.00 bits per heavy atom. The van der Waals surface area contributed by atoms with Crippen LogP contribution in [0.5, 0.6) is 11.5 Å². The quantitative estimate of drug-likeness (QED) is 0.846. The Morgan fingerprint density at radius 2 is 1.65 bits per heavy atom. The van der Waals surface area contributed by atoms with E-state index in [2.05, 4.69) is 0 Å². The van der Waals surface area contributed by atoms with E-state index in [0.717, 1.165) is 16.9 Å². The molecule has 1 atom stereocenters. The lowest BCUT2D eigenvalue weighted by atomic mass is 10.1. The summed E-state index contributed by atoms with van der Waals surface area (Å²) in [5.74, 6) is 1.38. The fourth-order valence-electron chi connectivity index (χ4n) is 2.12. The van der Waals surface area contributed by atoms with Gasteiger partial charge in [-0.3, -0.25) is 0 Å². The lowest BCUT2D eigenvalue weighted by Crippen LogP contribution is -2.00. The van der Waals surface area contributed by atoms with Crippen LogP contribution in [0, 0.1) is 0 Å². The van der Waals surface area contributed by atoms with Gasteiger partial charge >= 0.3 is 0 Å². The summed E-state index contributed by atoms with van der Waals surface area (Å²) >= 11 is 0. The van der Waals surface area contributed by atoms with Gasteiger partial charge in [0.25, 0.3) is 0 Å². The van der Waals surface area contributed by atoms with E-state index in [1.807, 2.05) is 55.5 Å². The lowest BCUT2D eigenvalue weighted by Gasteiger charge is -2.16. The molecule has 0 saturated carbocycles. The number of ether oxygens (including phenoxy) is 1.